The van der Waals surface area contributed by atoms with E-state index >= 15 is 0 Å². The molecular weight excluding hydrogens is 238 g/mol. The van der Waals surface area contributed by atoms with Crippen molar-refractivity contribution >= 4 is 0 Å². The smallest absolute Gasteiger partial charge is 0.115 e. The van der Waals surface area contributed by atoms with Gasteiger partial charge in [-0.2, -0.15) is 0 Å². The van der Waals surface area contributed by atoms with E-state index in [2.05, 4.69) is 23.4 Å². The fraction of sp³-hybridized carbons (Fsp3) is 0.400. The minimum absolute atomic E-state index is 0.0160. The van der Waals surface area contributed by atoms with Crippen LogP contribution in [0, 0.1) is 5.92 Å². The molecule has 2 aromatic rings. The lowest BCUT2D eigenvalue weighted by Crippen LogP contribution is -2.20. The molecule has 0 saturated carbocycles. The van der Waals surface area contributed by atoms with E-state index in [1.54, 1.807) is 12.1 Å². The Balaban J connectivity index is 2.04. The first-order valence-corrected chi connectivity index (χ1v) is 6.61. The van der Waals surface area contributed by atoms with Crippen LogP contribution < -0.4 is 5.73 Å². The first-order chi connectivity index (χ1) is 9.08. The molecular formula is C15H21N3O. The van der Waals surface area contributed by atoms with Crippen molar-refractivity contribution in [2.75, 3.05) is 0 Å². The molecule has 1 heterocycles. The van der Waals surface area contributed by atoms with E-state index in [4.69, 9.17) is 5.73 Å². The number of benzene rings is 1. The largest absolute Gasteiger partial charge is 0.508 e. The second kappa shape index (κ2) is 5.89. The molecule has 1 aromatic carbocycles. The Labute approximate surface area is 113 Å². The number of aromatic hydroxyl groups is 1. The Morgan fingerprint density at radius 2 is 1.95 bits per heavy atom. The average Bonchev–Trinajstić information content (AvgIpc) is 2.85. The van der Waals surface area contributed by atoms with Gasteiger partial charge in [-0.15, -0.1) is 0 Å². The average molecular weight is 259 g/mol. The number of rotatable bonds is 5. The summed E-state index contributed by atoms with van der Waals surface area (Å²) in [5.41, 5.74) is 8.45. The summed E-state index contributed by atoms with van der Waals surface area (Å²) >= 11 is 0. The Bertz CT molecular complexity index is 516. The van der Waals surface area contributed by atoms with Crippen molar-refractivity contribution in [1.82, 2.24) is 9.55 Å². The summed E-state index contributed by atoms with van der Waals surface area (Å²) in [5, 5.41) is 9.26. The number of phenolic OH excluding ortho intramolecular Hbond substituents is 1. The molecule has 0 saturated heterocycles. The van der Waals surface area contributed by atoms with Gasteiger partial charge >= 0.3 is 0 Å². The molecule has 2 rings (SSSR count). The third kappa shape index (κ3) is 3.35. The summed E-state index contributed by atoms with van der Waals surface area (Å²) < 4.78 is 2.11. The summed E-state index contributed by atoms with van der Waals surface area (Å²) in [6.07, 6.45) is 4.58. The predicted molar refractivity (Wildman–Crippen MR) is 75.8 cm³/mol. The number of nitrogens with zero attached hydrogens (tertiary/aromatic N) is 2. The Morgan fingerprint density at radius 1 is 1.26 bits per heavy atom. The van der Waals surface area contributed by atoms with Crippen molar-refractivity contribution in [2.24, 2.45) is 11.7 Å². The molecule has 1 aromatic heterocycles. The van der Waals surface area contributed by atoms with Crippen LogP contribution in [0.3, 0.4) is 0 Å². The van der Waals surface area contributed by atoms with Gasteiger partial charge in [0.15, 0.2) is 0 Å². The van der Waals surface area contributed by atoms with Crippen LogP contribution in [-0.2, 0) is 13.0 Å². The van der Waals surface area contributed by atoms with Gasteiger partial charge in [0.05, 0.1) is 12.0 Å². The lowest BCUT2D eigenvalue weighted by Gasteiger charge is -2.17. The van der Waals surface area contributed by atoms with Gasteiger partial charge in [-0.3, -0.25) is 0 Å². The number of aromatic nitrogens is 2. The topological polar surface area (TPSA) is 64.1 Å². The highest BCUT2D eigenvalue weighted by molar-refractivity contribution is 5.26. The number of hydrogen-bond donors (Lipinski definition) is 2. The maximum absolute atomic E-state index is 9.26. The van der Waals surface area contributed by atoms with E-state index < -0.39 is 0 Å². The van der Waals surface area contributed by atoms with Gasteiger partial charge in [0, 0.05) is 18.8 Å². The van der Waals surface area contributed by atoms with Gasteiger partial charge in [0.2, 0.25) is 0 Å². The van der Waals surface area contributed by atoms with Crippen molar-refractivity contribution in [2.45, 2.75) is 32.9 Å². The van der Waals surface area contributed by atoms with E-state index in [0.29, 0.717) is 11.7 Å². The molecule has 0 fully saturated rings. The summed E-state index contributed by atoms with van der Waals surface area (Å²) in [5.74, 6) is 0.693. The van der Waals surface area contributed by atoms with Crippen LogP contribution in [-0.4, -0.2) is 14.7 Å². The zero-order chi connectivity index (χ0) is 13.8. The quantitative estimate of drug-likeness (QED) is 0.867. The van der Waals surface area contributed by atoms with E-state index in [-0.39, 0.29) is 6.04 Å². The lowest BCUT2D eigenvalue weighted by atomic mass is 10.0. The molecule has 0 radical (unpaired) electrons. The van der Waals surface area contributed by atoms with Gasteiger partial charge in [0.1, 0.15) is 5.75 Å². The van der Waals surface area contributed by atoms with Crippen LogP contribution in [0.2, 0.25) is 0 Å². The van der Waals surface area contributed by atoms with E-state index in [1.165, 1.54) is 5.56 Å². The highest BCUT2D eigenvalue weighted by atomic mass is 16.3. The van der Waals surface area contributed by atoms with Crippen molar-refractivity contribution in [3.63, 3.8) is 0 Å². The summed E-state index contributed by atoms with van der Waals surface area (Å²) in [6, 6.07) is 7.32. The molecule has 0 amide bonds. The summed E-state index contributed by atoms with van der Waals surface area (Å²) in [7, 11) is 0. The van der Waals surface area contributed by atoms with Crippen LogP contribution in [0.25, 0.3) is 0 Å². The summed E-state index contributed by atoms with van der Waals surface area (Å²) in [4.78, 5) is 4.19. The highest BCUT2D eigenvalue weighted by Crippen LogP contribution is 2.19. The predicted octanol–water partition coefficient (Wildman–Crippen LogP) is 2.49. The van der Waals surface area contributed by atoms with E-state index in [0.717, 1.165) is 18.7 Å². The molecule has 1 atom stereocenters. The third-order valence-corrected chi connectivity index (χ3v) is 3.38. The number of aryl methyl sites for hydroxylation is 2. The minimum Gasteiger partial charge on any atom is -0.508 e. The van der Waals surface area contributed by atoms with Gasteiger partial charge in [-0.25, -0.2) is 4.98 Å². The fourth-order valence-corrected chi connectivity index (χ4v) is 2.05. The first-order valence-electron chi connectivity index (χ1n) is 6.61. The van der Waals surface area contributed by atoms with Crippen LogP contribution in [0.5, 0.6) is 5.75 Å². The molecule has 0 aliphatic rings. The molecule has 3 N–H and O–H groups in total. The van der Waals surface area contributed by atoms with E-state index in [1.807, 2.05) is 24.7 Å². The van der Waals surface area contributed by atoms with Crippen molar-refractivity contribution in [1.29, 1.82) is 0 Å². The second-order valence-electron chi connectivity index (χ2n) is 5.20. The van der Waals surface area contributed by atoms with Crippen LogP contribution in [0.15, 0.2) is 36.8 Å². The minimum atomic E-state index is 0.0160. The maximum Gasteiger partial charge on any atom is 0.115 e. The molecule has 0 bridgehead atoms. The van der Waals surface area contributed by atoms with Gasteiger partial charge in [0.25, 0.3) is 0 Å². The van der Waals surface area contributed by atoms with Crippen LogP contribution in [0.4, 0.5) is 0 Å². The van der Waals surface area contributed by atoms with Gasteiger partial charge in [-0.1, -0.05) is 26.0 Å². The Kier molecular flexibility index (Phi) is 4.22. The normalized spacial score (nSPS) is 12.8. The maximum atomic E-state index is 9.26. The zero-order valence-corrected chi connectivity index (χ0v) is 11.5. The molecule has 102 valence electrons. The molecule has 4 nitrogen and oxygen atoms in total. The van der Waals surface area contributed by atoms with Crippen LogP contribution in [0.1, 0.15) is 31.1 Å². The van der Waals surface area contributed by atoms with Gasteiger partial charge < -0.3 is 15.4 Å². The molecule has 4 heteroatoms. The van der Waals surface area contributed by atoms with Crippen LogP contribution >= 0.6 is 0 Å². The number of phenols is 1. The highest BCUT2D eigenvalue weighted by Gasteiger charge is 2.14. The third-order valence-electron chi connectivity index (χ3n) is 3.38. The molecule has 19 heavy (non-hydrogen) atoms. The molecule has 0 aliphatic heterocycles. The number of imidazole rings is 1. The molecule has 0 aliphatic carbocycles. The van der Waals surface area contributed by atoms with E-state index in [9.17, 15) is 5.11 Å². The number of hydrogen-bond acceptors (Lipinski definition) is 3. The first kappa shape index (κ1) is 13.6. The monoisotopic (exact) mass is 259 g/mol. The molecule has 0 spiro atoms. The SMILES string of the molecule is CC(C)C(N)c1cncn1CCc1ccc(O)cc1. The van der Waals surface area contributed by atoms with Gasteiger partial charge in [-0.05, 0) is 30.0 Å². The zero-order valence-electron chi connectivity index (χ0n) is 11.5. The lowest BCUT2D eigenvalue weighted by molar-refractivity contribution is 0.473. The van der Waals surface area contributed by atoms with Crippen molar-refractivity contribution in [3.8, 4) is 5.75 Å². The molecule has 1 unspecified atom stereocenters. The number of nitrogens with two attached hydrogens (primary N) is 1. The summed E-state index contributed by atoms with van der Waals surface area (Å²) in [6.45, 7) is 5.07. The second-order valence-corrected chi connectivity index (χ2v) is 5.20. The Morgan fingerprint density at radius 3 is 2.58 bits per heavy atom. The van der Waals surface area contributed by atoms with Crippen molar-refractivity contribution in [3.05, 3.63) is 48.0 Å². The standard InChI is InChI=1S/C15H21N3O/c1-11(2)15(16)14-9-17-10-18(14)8-7-12-3-5-13(19)6-4-12/h3-6,9-11,15,19H,7-8,16H2,1-2H3. The fourth-order valence-electron chi connectivity index (χ4n) is 2.05. The Hall–Kier alpha value is -1.81. The van der Waals surface area contributed by atoms with Crippen molar-refractivity contribution < 1.29 is 5.11 Å².